The van der Waals surface area contributed by atoms with Crippen LogP contribution in [-0.4, -0.2) is 9.78 Å². The lowest BCUT2D eigenvalue weighted by Crippen LogP contribution is -2.17. The van der Waals surface area contributed by atoms with E-state index in [4.69, 9.17) is 5.73 Å². The van der Waals surface area contributed by atoms with Gasteiger partial charge in [-0.1, -0.05) is 25.7 Å². The zero-order valence-corrected chi connectivity index (χ0v) is 10.6. The van der Waals surface area contributed by atoms with Gasteiger partial charge in [0.2, 0.25) is 0 Å². The van der Waals surface area contributed by atoms with Crippen LogP contribution in [-0.2, 0) is 6.42 Å². The molecule has 0 spiro atoms. The molecule has 2 aliphatic rings. The molecule has 0 radical (unpaired) electrons. The number of aromatic nitrogens is 2. The fraction of sp³-hybridized carbons (Fsp3) is 0.786. The molecule has 1 aromatic heterocycles. The quantitative estimate of drug-likeness (QED) is 0.757. The first kappa shape index (κ1) is 11.3. The zero-order valence-electron chi connectivity index (χ0n) is 10.6. The Morgan fingerprint density at radius 2 is 1.82 bits per heavy atom. The molecule has 2 N–H and O–H groups in total. The fourth-order valence-electron chi connectivity index (χ4n) is 3.42. The summed E-state index contributed by atoms with van der Waals surface area (Å²) >= 11 is 0. The molecule has 2 aliphatic carbocycles. The molecular formula is C14H23N3. The van der Waals surface area contributed by atoms with Crippen molar-refractivity contribution in [3.05, 3.63) is 17.5 Å². The highest BCUT2D eigenvalue weighted by molar-refractivity contribution is 5.23. The topological polar surface area (TPSA) is 43.8 Å². The van der Waals surface area contributed by atoms with E-state index < -0.39 is 0 Å². The van der Waals surface area contributed by atoms with Crippen molar-refractivity contribution < 1.29 is 0 Å². The van der Waals surface area contributed by atoms with Gasteiger partial charge in [-0.15, -0.1) is 0 Å². The van der Waals surface area contributed by atoms with Gasteiger partial charge in [0, 0.05) is 17.3 Å². The minimum absolute atomic E-state index is 0.227. The van der Waals surface area contributed by atoms with Crippen molar-refractivity contribution in [2.45, 2.75) is 69.9 Å². The Bertz CT molecular complexity index is 377. The Kier molecular flexibility index (Phi) is 3.19. The minimum Gasteiger partial charge on any atom is -0.324 e. The number of rotatable bonds is 1. The Hall–Kier alpha value is -0.830. The third kappa shape index (κ3) is 2.13. The van der Waals surface area contributed by atoms with Crippen LogP contribution in [0.1, 0.15) is 74.7 Å². The first-order chi connectivity index (χ1) is 8.36. The molecule has 1 heterocycles. The van der Waals surface area contributed by atoms with Gasteiger partial charge in [-0.3, -0.25) is 4.68 Å². The van der Waals surface area contributed by atoms with Gasteiger partial charge in [-0.05, 0) is 32.1 Å². The van der Waals surface area contributed by atoms with Gasteiger partial charge in [0.1, 0.15) is 0 Å². The second kappa shape index (κ2) is 4.81. The smallest absolute Gasteiger partial charge is 0.0540 e. The first-order valence-electron chi connectivity index (χ1n) is 7.18. The number of hydrogen-bond donors (Lipinski definition) is 1. The molecule has 0 saturated heterocycles. The van der Waals surface area contributed by atoms with Gasteiger partial charge in [0.05, 0.1) is 12.2 Å². The molecule has 0 aliphatic heterocycles. The Balaban J connectivity index is 1.90. The minimum atomic E-state index is 0.227. The highest BCUT2D eigenvalue weighted by Crippen LogP contribution is 2.33. The zero-order chi connectivity index (χ0) is 11.7. The normalized spacial score (nSPS) is 26.5. The largest absolute Gasteiger partial charge is 0.324 e. The van der Waals surface area contributed by atoms with Crippen molar-refractivity contribution in [1.82, 2.24) is 9.78 Å². The van der Waals surface area contributed by atoms with E-state index in [0.717, 1.165) is 6.42 Å². The number of nitrogens with two attached hydrogens (primary N) is 1. The maximum Gasteiger partial charge on any atom is 0.0540 e. The summed E-state index contributed by atoms with van der Waals surface area (Å²) in [5.41, 5.74) is 9.01. The number of fused-ring (bicyclic) bond motifs is 1. The molecule has 0 bridgehead atoms. The van der Waals surface area contributed by atoms with Gasteiger partial charge in [0.15, 0.2) is 0 Å². The molecule has 3 nitrogen and oxygen atoms in total. The predicted molar refractivity (Wildman–Crippen MR) is 68.8 cm³/mol. The van der Waals surface area contributed by atoms with Crippen LogP contribution >= 0.6 is 0 Å². The molecule has 1 atom stereocenters. The monoisotopic (exact) mass is 233 g/mol. The Morgan fingerprint density at radius 3 is 2.65 bits per heavy atom. The highest BCUT2D eigenvalue weighted by atomic mass is 15.3. The van der Waals surface area contributed by atoms with Gasteiger partial charge >= 0.3 is 0 Å². The molecule has 1 fully saturated rings. The second-order valence-corrected chi connectivity index (χ2v) is 5.64. The van der Waals surface area contributed by atoms with E-state index in [-0.39, 0.29) is 6.04 Å². The lowest BCUT2D eigenvalue weighted by molar-refractivity contribution is 0.321. The number of nitrogens with zero attached hydrogens (tertiary/aromatic N) is 2. The maximum atomic E-state index is 6.24. The fourth-order valence-corrected chi connectivity index (χ4v) is 3.42. The van der Waals surface area contributed by atoms with Crippen LogP contribution in [0.25, 0.3) is 0 Å². The first-order valence-corrected chi connectivity index (χ1v) is 7.18. The van der Waals surface area contributed by atoms with Crippen molar-refractivity contribution in [3.63, 3.8) is 0 Å². The van der Waals surface area contributed by atoms with E-state index in [1.165, 1.54) is 62.6 Å². The van der Waals surface area contributed by atoms with Gasteiger partial charge in [-0.2, -0.15) is 5.10 Å². The molecule has 3 rings (SSSR count). The molecular weight excluding hydrogens is 210 g/mol. The summed E-state index contributed by atoms with van der Waals surface area (Å²) in [6.45, 7) is 0. The summed E-state index contributed by atoms with van der Waals surface area (Å²) < 4.78 is 2.32. The van der Waals surface area contributed by atoms with Crippen LogP contribution in [0, 0.1) is 0 Å². The van der Waals surface area contributed by atoms with Crippen molar-refractivity contribution in [3.8, 4) is 0 Å². The molecule has 1 unspecified atom stereocenters. The van der Waals surface area contributed by atoms with Crippen LogP contribution in [0.3, 0.4) is 0 Å². The van der Waals surface area contributed by atoms with Gasteiger partial charge in [0.25, 0.3) is 0 Å². The van der Waals surface area contributed by atoms with E-state index in [0.29, 0.717) is 6.04 Å². The molecule has 17 heavy (non-hydrogen) atoms. The summed E-state index contributed by atoms with van der Waals surface area (Å²) in [7, 11) is 0. The summed E-state index contributed by atoms with van der Waals surface area (Å²) in [6.07, 6.45) is 13.6. The standard InChI is InChI=1S/C14H23N3/c15-13-8-4-5-9-14-12(13)10-16-17(14)11-6-2-1-3-7-11/h10-11,13H,1-9,15H2. The third-order valence-electron chi connectivity index (χ3n) is 4.43. The van der Waals surface area contributed by atoms with Crippen molar-refractivity contribution in [2.75, 3.05) is 0 Å². The van der Waals surface area contributed by atoms with E-state index >= 15 is 0 Å². The van der Waals surface area contributed by atoms with Crippen LogP contribution in [0.2, 0.25) is 0 Å². The SMILES string of the molecule is NC1CCCCc2c1cnn2C1CCCCC1. The number of hydrogen-bond acceptors (Lipinski definition) is 2. The average Bonchev–Trinajstić information content (AvgIpc) is 2.71. The summed E-state index contributed by atoms with van der Waals surface area (Å²) in [4.78, 5) is 0. The van der Waals surface area contributed by atoms with E-state index in [2.05, 4.69) is 9.78 Å². The van der Waals surface area contributed by atoms with E-state index in [1.54, 1.807) is 0 Å². The van der Waals surface area contributed by atoms with Crippen LogP contribution in [0.4, 0.5) is 0 Å². The summed E-state index contributed by atoms with van der Waals surface area (Å²) in [5, 5.41) is 4.65. The van der Waals surface area contributed by atoms with Gasteiger partial charge < -0.3 is 5.73 Å². The van der Waals surface area contributed by atoms with Crippen molar-refractivity contribution in [1.29, 1.82) is 0 Å². The predicted octanol–water partition coefficient (Wildman–Crippen LogP) is 3.11. The molecule has 0 amide bonds. The molecule has 0 aromatic carbocycles. The molecule has 1 saturated carbocycles. The third-order valence-corrected chi connectivity index (χ3v) is 4.43. The van der Waals surface area contributed by atoms with E-state index in [1.807, 2.05) is 6.20 Å². The summed E-state index contributed by atoms with van der Waals surface area (Å²) in [6, 6.07) is 0.877. The summed E-state index contributed by atoms with van der Waals surface area (Å²) in [5.74, 6) is 0. The average molecular weight is 233 g/mol. The Morgan fingerprint density at radius 1 is 1.06 bits per heavy atom. The lowest BCUT2D eigenvalue weighted by atomic mass is 9.95. The maximum absolute atomic E-state index is 6.24. The molecule has 3 heteroatoms. The second-order valence-electron chi connectivity index (χ2n) is 5.64. The lowest BCUT2D eigenvalue weighted by Gasteiger charge is -2.24. The highest BCUT2D eigenvalue weighted by Gasteiger charge is 2.24. The van der Waals surface area contributed by atoms with Crippen LogP contribution in [0.15, 0.2) is 6.20 Å². The van der Waals surface area contributed by atoms with Crippen molar-refractivity contribution >= 4 is 0 Å². The van der Waals surface area contributed by atoms with Crippen molar-refractivity contribution in [2.24, 2.45) is 5.73 Å². The Labute approximate surface area is 103 Å². The molecule has 1 aromatic rings. The van der Waals surface area contributed by atoms with Crippen LogP contribution < -0.4 is 5.73 Å². The van der Waals surface area contributed by atoms with E-state index in [9.17, 15) is 0 Å². The molecule has 94 valence electrons. The van der Waals surface area contributed by atoms with Crippen LogP contribution in [0.5, 0.6) is 0 Å². The van der Waals surface area contributed by atoms with Gasteiger partial charge in [-0.25, -0.2) is 0 Å².